The molecule has 0 amide bonds. The number of rotatable bonds is 5. The molecule has 116 valence electrons. The van der Waals surface area contributed by atoms with Crippen LogP contribution in [-0.2, 0) is 0 Å². The van der Waals surface area contributed by atoms with Gasteiger partial charge in [-0.3, -0.25) is 0 Å². The first-order chi connectivity index (χ1) is 10.8. The molecule has 0 atom stereocenters. The van der Waals surface area contributed by atoms with Crippen LogP contribution in [0.5, 0.6) is 0 Å². The van der Waals surface area contributed by atoms with Gasteiger partial charge in [0.15, 0.2) is 0 Å². The summed E-state index contributed by atoms with van der Waals surface area (Å²) in [6.45, 7) is 1.08. The van der Waals surface area contributed by atoms with E-state index in [2.05, 4.69) is 47.4 Å². The summed E-state index contributed by atoms with van der Waals surface area (Å²) in [7, 11) is 0. The molecule has 0 radical (unpaired) electrons. The topological polar surface area (TPSA) is 3.24 Å². The average molecular weight is 314 g/mol. The van der Waals surface area contributed by atoms with E-state index in [1.54, 1.807) is 0 Å². The number of para-hydroxylation sites is 1. The lowest BCUT2D eigenvalue weighted by atomic mass is 9.87. The summed E-state index contributed by atoms with van der Waals surface area (Å²) in [6.07, 6.45) is 8.34. The van der Waals surface area contributed by atoms with Gasteiger partial charge in [-0.1, -0.05) is 61.9 Å². The zero-order valence-electron chi connectivity index (χ0n) is 13.0. The zero-order valence-corrected chi connectivity index (χ0v) is 13.8. The van der Waals surface area contributed by atoms with Crippen molar-refractivity contribution in [1.29, 1.82) is 0 Å². The van der Waals surface area contributed by atoms with Gasteiger partial charge in [-0.15, -0.1) is 0 Å². The molecule has 0 saturated heterocycles. The second-order valence-corrected chi connectivity index (χ2v) is 6.69. The highest BCUT2D eigenvalue weighted by atomic mass is 35.5. The smallest absolute Gasteiger partial charge is 0.0411 e. The standard InChI is InChI=1S/C20H24ClN/c21-18-11-13-20(14-12-18)22(19-9-5-2-6-10-19)16-15-17-7-3-1-4-8-17/h2,5-6,9-14,17H,1,3-4,7-8,15-16H2. The van der Waals surface area contributed by atoms with Crippen LogP contribution in [0.1, 0.15) is 38.5 Å². The Kier molecular flexibility index (Phi) is 5.39. The molecule has 0 unspecified atom stereocenters. The second kappa shape index (κ2) is 7.69. The first kappa shape index (κ1) is 15.4. The van der Waals surface area contributed by atoms with Crippen LogP contribution in [0.3, 0.4) is 0 Å². The zero-order chi connectivity index (χ0) is 15.2. The van der Waals surface area contributed by atoms with Crippen molar-refractivity contribution in [2.75, 3.05) is 11.4 Å². The van der Waals surface area contributed by atoms with E-state index < -0.39 is 0 Å². The third kappa shape index (κ3) is 4.04. The number of nitrogens with zero attached hydrogens (tertiary/aromatic N) is 1. The Hall–Kier alpha value is -1.47. The number of hydrogen-bond acceptors (Lipinski definition) is 1. The average Bonchev–Trinajstić information content (AvgIpc) is 2.58. The van der Waals surface area contributed by atoms with Crippen LogP contribution in [0, 0.1) is 5.92 Å². The highest BCUT2D eigenvalue weighted by Crippen LogP contribution is 2.31. The van der Waals surface area contributed by atoms with Crippen LogP contribution in [0.2, 0.25) is 5.02 Å². The summed E-state index contributed by atoms with van der Waals surface area (Å²) >= 11 is 6.04. The van der Waals surface area contributed by atoms with Crippen LogP contribution in [0.25, 0.3) is 0 Å². The Morgan fingerprint density at radius 1 is 0.818 bits per heavy atom. The predicted octanol–water partition coefficient (Wildman–Crippen LogP) is 6.45. The molecule has 2 heteroatoms. The van der Waals surface area contributed by atoms with Crippen molar-refractivity contribution in [2.24, 2.45) is 5.92 Å². The van der Waals surface area contributed by atoms with E-state index >= 15 is 0 Å². The van der Waals surface area contributed by atoms with Crippen molar-refractivity contribution in [3.63, 3.8) is 0 Å². The second-order valence-electron chi connectivity index (χ2n) is 6.26. The molecule has 1 saturated carbocycles. The Balaban J connectivity index is 1.75. The van der Waals surface area contributed by atoms with Gasteiger partial charge in [0, 0.05) is 22.9 Å². The lowest BCUT2D eigenvalue weighted by Crippen LogP contribution is -2.21. The summed E-state index contributed by atoms with van der Waals surface area (Å²) in [6, 6.07) is 18.9. The van der Waals surface area contributed by atoms with Gasteiger partial charge in [0.2, 0.25) is 0 Å². The molecule has 0 N–H and O–H groups in total. The monoisotopic (exact) mass is 313 g/mol. The van der Waals surface area contributed by atoms with Gasteiger partial charge in [-0.05, 0) is 48.7 Å². The van der Waals surface area contributed by atoms with Crippen LogP contribution in [-0.4, -0.2) is 6.54 Å². The molecule has 0 aromatic heterocycles. The largest absolute Gasteiger partial charge is 0.341 e. The van der Waals surface area contributed by atoms with Crippen molar-refractivity contribution in [2.45, 2.75) is 38.5 Å². The lowest BCUT2D eigenvalue weighted by Gasteiger charge is -2.29. The first-order valence-corrected chi connectivity index (χ1v) is 8.79. The third-order valence-electron chi connectivity index (χ3n) is 4.69. The molecule has 22 heavy (non-hydrogen) atoms. The molecule has 0 bridgehead atoms. The summed E-state index contributed by atoms with van der Waals surface area (Å²) < 4.78 is 0. The Morgan fingerprint density at radius 2 is 1.45 bits per heavy atom. The molecule has 2 aromatic rings. The van der Waals surface area contributed by atoms with Gasteiger partial charge in [0.05, 0.1) is 0 Å². The predicted molar refractivity (Wildman–Crippen MR) is 96.1 cm³/mol. The molecule has 2 aromatic carbocycles. The van der Waals surface area contributed by atoms with Gasteiger partial charge in [0.1, 0.15) is 0 Å². The van der Waals surface area contributed by atoms with Gasteiger partial charge in [0.25, 0.3) is 0 Å². The molecule has 1 aliphatic rings. The maximum Gasteiger partial charge on any atom is 0.0411 e. The van der Waals surface area contributed by atoms with Gasteiger partial charge >= 0.3 is 0 Å². The van der Waals surface area contributed by atoms with E-state index in [9.17, 15) is 0 Å². The van der Waals surface area contributed by atoms with Crippen LogP contribution in [0.4, 0.5) is 11.4 Å². The molecular formula is C20H24ClN. The highest BCUT2D eigenvalue weighted by Gasteiger charge is 2.16. The summed E-state index contributed by atoms with van der Waals surface area (Å²) in [5.74, 6) is 0.896. The Bertz CT molecular complexity index is 558. The van der Waals surface area contributed by atoms with Crippen molar-refractivity contribution >= 4 is 23.0 Å². The summed E-state index contributed by atoms with van der Waals surface area (Å²) in [5, 5.41) is 0.795. The maximum atomic E-state index is 6.04. The van der Waals surface area contributed by atoms with Crippen molar-refractivity contribution < 1.29 is 0 Å². The minimum absolute atomic E-state index is 0.795. The highest BCUT2D eigenvalue weighted by molar-refractivity contribution is 6.30. The Morgan fingerprint density at radius 3 is 2.14 bits per heavy atom. The fourth-order valence-corrected chi connectivity index (χ4v) is 3.55. The van der Waals surface area contributed by atoms with Crippen molar-refractivity contribution in [1.82, 2.24) is 0 Å². The van der Waals surface area contributed by atoms with Crippen molar-refractivity contribution in [3.8, 4) is 0 Å². The lowest BCUT2D eigenvalue weighted by molar-refractivity contribution is 0.342. The van der Waals surface area contributed by atoms with E-state index in [0.29, 0.717) is 0 Å². The molecule has 3 rings (SSSR count). The number of hydrogen-bond donors (Lipinski definition) is 0. The Labute approximate surface area is 138 Å². The minimum atomic E-state index is 0.795. The summed E-state index contributed by atoms with van der Waals surface area (Å²) in [5.41, 5.74) is 2.49. The molecule has 1 nitrogen and oxygen atoms in total. The fraction of sp³-hybridized carbons (Fsp3) is 0.400. The van der Waals surface area contributed by atoms with Crippen LogP contribution >= 0.6 is 11.6 Å². The molecule has 0 spiro atoms. The third-order valence-corrected chi connectivity index (χ3v) is 4.94. The molecule has 1 fully saturated rings. The van der Waals surface area contributed by atoms with Crippen LogP contribution < -0.4 is 4.90 Å². The maximum absolute atomic E-state index is 6.04. The number of anilines is 2. The van der Waals surface area contributed by atoms with Gasteiger partial charge in [-0.2, -0.15) is 0 Å². The molecule has 1 aliphatic carbocycles. The number of halogens is 1. The van der Waals surface area contributed by atoms with E-state index in [1.165, 1.54) is 49.9 Å². The number of benzene rings is 2. The SMILES string of the molecule is Clc1ccc(N(CCC2CCCCC2)c2ccccc2)cc1. The minimum Gasteiger partial charge on any atom is -0.341 e. The van der Waals surface area contributed by atoms with E-state index in [-0.39, 0.29) is 0 Å². The van der Waals surface area contributed by atoms with E-state index in [1.807, 2.05) is 12.1 Å². The van der Waals surface area contributed by atoms with E-state index in [4.69, 9.17) is 11.6 Å². The molecular weight excluding hydrogens is 290 g/mol. The fourth-order valence-electron chi connectivity index (χ4n) is 3.42. The van der Waals surface area contributed by atoms with Crippen molar-refractivity contribution in [3.05, 3.63) is 59.6 Å². The van der Waals surface area contributed by atoms with Crippen LogP contribution in [0.15, 0.2) is 54.6 Å². The quantitative estimate of drug-likeness (QED) is 0.613. The summed E-state index contributed by atoms with van der Waals surface area (Å²) in [4.78, 5) is 2.42. The van der Waals surface area contributed by atoms with Gasteiger partial charge in [-0.25, -0.2) is 0 Å². The van der Waals surface area contributed by atoms with E-state index in [0.717, 1.165) is 17.5 Å². The molecule has 0 heterocycles. The first-order valence-electron chi connectivity index (χ1n) is 8.41. The normalized spacial score (nSPS) is 15.7. The molecule has 0 aliphatic heterocycles. The van der Waals surface area contributed by atoms with Gasteiger partial charge < -0.3 is 4.90 Å².